The van der Waals surface area contributed by atoms with Crippen LogP contribution in [0.5, 0.6) is 5.06 Å². The molecule has 96 valence electrons. The van der Waals surface area contributed by atoms with Gasteiger partial charge in [-0.15, -0.1) is 0 Å². The number of thiophene rings is 1. The lowest BCUT2D eigenvalue weighted by Gasteiger charge is -2.20. The number of carbonyl (C=O) groups is 1. The van der Waals surface area contributed by atoms with E-state index in [0.29, 0.717) is 11.5 Å². The summed E-state index contributed by atoms with van der Waals surface area (Å²) < 4.78 is 10.1. The van der Waals surface area contributed by atoms with Crippen molar-refractivity contribution < 1.29 is 14.3 Å². The van der Waals surface area contributed by atoms with E-state index in [1.165, 1.54) is 18.4 Å². The molecule has 17 heavy (non-hydrogen) atoms. The molecule has 1 aromatic heterocycles. The molecule has 0 unspecified atom stereocenters. The quantitative estimate of drug-likeness (QED) is 0.649. The number of ether oxygens (including phenoxy) is 2. The molecule has 0 aromatic carbocycles. The molecule has 0 aliphatic carbocycles. The van der Waals surface area contributed by atoms with Crippen molar-refractivity contribution in [2.45, 2.75) is 26.3 Å². The summed E-state index contributed by atoms with van der Waals surface area (Å²) >= 11 is 1.30. The highest BCUT2D eigenvalue weighted by Gasteiger charge is 2.10. The zero-order valence-corrected chi connectivity index (χ0v) is 11.5. The van der Waals surface area contributed by atoms with E-state index in [-0.39, 0.29) is 11.5 Å². The fourth-order valence-corrected chi connectivity index (χ4v) is 1.98. The van der Waals surface area contributed by atoms with E-state index in [2.05, 4.69) is 30.8 Å². The molecule has 0 bridgehead atoms. The molecule has 0 aliphatic rings. The zero-order valence-electron chi connectivity index (χ0n) is 10.7. The zero-order chi connectivity index (χ0) is 12.9. The second-order valence-electron chi connectivity index (χ2n) is 4.64. The average molecular weight is 257 g/mol. The van der Waals surface area contributed by atoms with Crippen LogP contribution in [0.25, 0.3) is 0 Å². The summed E-state index contributed by atoms with van der Waals surface area (Å²) in [6, 6.07) is 3.50. The standard InChI is InChI=1S/C12H19NO3S/c1-12(2,3)13-7-8-16-10-6-5-9(17-10)11(14)15-4/h5-6,13H,7-8H2,1-4H3. The maximum Gasteiger partial charge on any atom is 0.348 e. The SMILES string of the molecule is COC(=O)c1ccc(OCCNC(C)(C)C)s1. The van der Waals surface area contributed by atoms with Gasteiger partial charge in [-0.2, -0.15) is 0 Å². The number of methoxy groups -OCH3 is 1. The van der Waals surface area contributed by atoms with Crippen molar-refractivity contribution in [3.8, 4) is 5.06 Å². The summed E-state index contributed by atoms with van der Waals surface area (Å²) in [6.07, 6.45) is 0. The van der Waals surface area contributed by atoms with E-state index in [1.807, 2.05) is 0 Å². The van der Waals surface area contributed by atoms with Crippen LogP contribution in [-0.4, -0.2) is 31.8 Å². The van der Waals surface area contributed by atoms with Crippen molar-refractivity contribution in [2.75, 3.05) is 20.3 Å². The Morgan fingerprint density at radius 1 is 1.41 bits per heavy atom. The molecule has 0 saturated heterocycles. The van der Waals surface area contributed by atoms with Gasteiger partial charge in [-0.1, -0.05) is 11.3 Å². The Kier molecular flexibility index (Phi) is 4.96. The van der Waals surface area contributed by atoms with Crippen molar-refractivity contribution in [2.24, 2.45) is 0 Å². The summed E-state index contributed by atoms with van der Waals surface area (Å²) in [7, 11) is 1.37. The minimum absolute atomic E-state index is 0.0932. The first-order valence-corrected chi connectivity index (χ1v) is 6.30. The van der Waals surface area contributed by atoms with E-state index in [0.717, 1.165) is 11.6 Å². The molecule has 1 heterocycles. The van der Waals surface area contributed by atoms with Gasteiger partial charge in [0.2, 0.25) is 0 Å². The summed E-state index contributed by atoms with van der Waals surface area (Å²) in [4.78, 5) is 11.8. The van der Waals surface area contributed by atoms with Crippen LogP contribution >= 0.6 is 11.3 Å². The minimum atomic E-state index is -0.322. The van der Waals surface area contributed by atoms with Crippen LogP contribution in [0.15, 0.2) is 12.1 Å². The van der Waals surface area contributed by atoms with Crippen LogP contribution in [0, 0.1) is 0 Å². The van der Waals surface area contributed by atoms with Gasteiger partial charge in [0, 0.05) is 12.1 Å². The molecule has 5 heteroatoms. The van der Waals surface area contributed by atoms with Gasteiger partial charge in [0.15, 0.2) is 5.06 Å². The van der Waals surface area contributed by atoms with Crippen molar-refractivity contribution in [3.63, 3.8) is 0 Å². The predicted molar refractivity (Wildman–Crippen MR) is 68.9 cm³/mol. The first-order valence-electron chi connectivity index (χ1n) is 5.48. The van der Waals surface area contributed by atoms with Gasteiger partial charge >= 0.3 is 5.97 Å². The average Bonchev–Trinajstić information content (AvgIpc) is 2.70. The van der Waals surface area contributed by atoms with E-state index in [9.17, 15) is 4.79 Å². The molecule has 4 nitrogen and oxygen atoms in total. The van der Waals surface area contributed by atoms with Crippen LogP contribution < -0.4 is 10.1 Å². The molecule has 0 fully saturated rings. The van der Waals surface area contributed by atoms with Crippen LogP contribution in [-0.2, 0) is 4.74 Å². The number of hydrogen-bond acceptors (Lipinski definition) is 5. The summed E-state index contributed by atoms with van der Waals surface area (Å²) in [5.74, 6) is -0.322. The lowest BCUT2D eigenvalue weighted by molar-refractivity contribution is 0.0606. The van der Waals surface area contributed by atoms with Crippen molar-refractivity contribution >= 4 is 17.3 Å². The number of carbonyl (C=O) groups excluding carboxylic acids is 1. The van der Waals surface area contributed by atoms with Crippen molar-refractivity contribution in [1.29, 1.82) is 0 Å². The molecular weight excluding hydrogens is 238 g/mol. The maximum atomic E-state index is 11.2. The molecule has 1 aromatic rings. The number of rotatable bonds is 5. The molecule has 0 atom stereocenters. The third-order valence-corrected chi connectivity index (χ3v) is 2.95. The Labute approximate surface area is 106 Å². The van der Waals surface area contributed by atoms with Gasteiger partial charge in [0.25, 0.3) is 0 Å². The number of hydrogen-bond donors (Lipinski definition) is 1. The lowest BCUT2D eigenvalue weighted by Crippen LogP contribution is -2.38. The first-order chi connectivity index (χ1) is 7.92. The molecule has 0 aliphatic heterocycles. The molecule has 0 amide bonds. The van der Waals surface area contributed by atoms with Gasteiger partial charge in [-0.3, -0.25) is 0 Å². The van der Waals surface area contributed by atoms with E-state index in [4.69, 9.17) is 4.74 Å². The fourth-order valence-electron chi connectivity index (χ4n) is 1.19. The third kappa shape index (κ3) is 5.19. The second kappa shape index (κ2) is 6.02. The molecule has 1 rings (SSSR count). The summed E-state index contributed by atoms with van der Waals surface area (Å²) in [5.41, 5.74) is 0.0932. The number of esters is 1. The monoisotopic (exact) mass is 257 g/mol. The largest absolute Gasteiger partial charge is 0.483 e. The van der Waals surface area contributed by atoms with Gasteiger partial charge < -0.3 is 14.8 Å². The Morgan fingerprint density at radius 2 is 2.12 bits per heavy atom. The van der Waals surface area contributed by atoms with Crippen molar-refractivity contribution in [3.05, 3.63) is 17.0 Å². The van der Waals surface area contributed by atoms with Gasteiger partial charge in [-0.05, 0) is 32.9 Å². The molecular formula is C12H19NO3S. The van der Waals surface area contributed by atoms with Crippen LogP contribution in [0.2, 0.25) is 0 Å². The fraction of sp³-hybridized carbons (Fsp3) is 0.583. The van der Waals surface area contributed by atoms with Crippen LogP contribution in [0.3, 0.4) is 0 Å². The normalized spacial score (nSPS) is 11.3. The molecule has 0 radical (unpaired) electrons. The maximum absolute atomic E-state index is 11.2. The lowest BCUT2D eigenvalue weighted by atomic mass is 10.1. The topological polar surface area (TPSA) is 47.6 Å². The molecule has 0 spiro atoms. The Hall–Kier alpha value is -1.07. The smallest absolute Gasteiger partial charge is 0.348 e. The van der Waals surface area contributed by atoms with E-state index < -0.39 is 0 Å². The van der Waals surface area contributed by atoms with E-state index in [1.54, 1.807) is 12.1 Å². The summed E-state index contributed by atoms with van der Waals surface area (Å²) in [6.45, 7) is 7.67. The van der Waals surface area contributed by atoms with E-state index >= 15 is 0 Å². The first kappa shape index (κ1) is 14.0. The predicted octanol–water partition coefficient (Wildman–Crippen LogP) is 2.30. The minimum Gasteiger partial charge on any atom is -0.483 e. The Balaban J connectivity index is 2.33. The Bertz CT molecular complexity index is 368. The van der Waals surface area contributed by atoms with Gasteiger partial charge in [0.1, 0.15) is 11.5 Å². The Morgan fingerprint density at radius 3 is 2.71 bits per heavy atom. The highest BCUT2D eigenvalue weighted by molar-refractivity contribution is 7.15. The highest BCUT2D eigenvalue weighted by atomic mass is 32.1. The van der Waals surface area contributed by atoms with Crippen molar-refractivity contribution in [1.82, 2.24) is 5.32 Å². The van der Waals surface area contributed by atoms with Gasteiger partial charge in [0.05, 0.1) is 7.11 Å². The second-order valence-corrected chi connectivity index (χ2v) is 5.68. The third-order valence-electron chi connectivity index (χ3n) is 1.97. The molecule has 0 saturated carbocycles. The highest BCUT2D eigenvalue weighted by Crippen LogP contribution is 2.24. The van der Waals surface area contributed by atoms with Crippen LogP contribution in [0.1, 0.15) is 30.4 Å². The molecule has 1 N–H and O–H groups in total. The van der Waals surface area contributed by atoms with Crippen LogP contribution in [0.4, 0.5) is 0 Å². The summed E-state index contributed by atoms with van der Waals surface area (Å²) in [5, 5.41) is 4.06. The number of nitrogens with one attached hydrogen (secondary N) is 1. The van der Waals surface area contributed by atoms with Gasteiger partial charge in [-0.25, -0.2) is 4.79 Å².